The first-order chi connectivity index (χ1) is 16.5. The second kappa shape index (κ2) is 9.71. The summed E-state index contributed by atoms with van der Waals surface area (Å²) in [6.07, 6.45) is -2.36. The van der Waals surface area contributed by atoms with Crippen LogP contribution in [0.2, 0.25) is 5.02 Å². The van der Waals surface area contributed by atoms with Gasteiger partial charge in [0.15, 0.2) is 5.78 Å². The average molecular weight is 519 g/mol. The smallest absolute Gasteiger partial charge is 0.306 e. The number of thiazole rings is 1. The van der Waals surface area contributed by atoms with Crippen LogP contribution in [0.15, 0.2) is 48.8 Å². The highest BCUT2D eigenvalue weighted by atomic mass is 35.5. The molecule has 0 spiro atoms. The number of carbonyl (C=O) groups is 2. The van der Waals surface area contributed by atoms with E-state index >= 15 is 0 Å². The maximum absolute atomic E-state index is 13.0. The van der Waals surface area contributed by atoms with E-state index in [2.05, 4.69) is 20.3 Å². The molecule has 0 aliphatic heterocycles. The van der Waals surface area contributed by atoms with E-state index in [0.29, 0.717) is 16.6 Å². The minimum atomic E-state index is -4.68. The van der Waals surface area contributed by atoms with Crippen LogP contribution in [0, 0.1) is 6.92 Å². The first-order valence-corrected chi connectivity index (χ1v) is 11.6. The van der Waals surface area contributed by atoms with Crippen molar-refractivity contribution in [2.75, 3.05) is 5.32 Å². The molecule has 0 radical (unpaired) electrons. The summed E-state index contributed by atoms with van der Waals surface area (Å²) < 4.78 is 39.1. The molecule has 1 atom stereocenters. The Hall–Kier alpha value is -3.37. The van der Waals surface area contributed by atoms with E-state index in [1.54, 1.807) is 18.2 Å². The van der Waals surface area contributed by atoms with Crippen molar-refractivity contribution in [1.82, 2.24) is 15.0 Å². The molecular weight excluding hydrogens is 501 g/mol. The van der Waals surface area contributed by atoms with Gasteiger partial charge in [0.25, 0.3) is 5.91 Å². The molecule has 1 amide bonds. The normalized spacial score (nSPS) is 12.5. The molecule has 0 aliphatic carbocycles. The van der Waals surface area contributed by atoms with E-state index in [1.165, 1.54) is 6.20 Å². The molecule has 180 valence electrons. The Morgan fingerprint density at radius 3 is 2.63 bits per heavy atom. The van der Waals surface area contributed by atoms with Crippen LogP contribution in [0.3, 0.4) is 0 Å². The second-order valence-corrected chi connectivity index (χ2v) is 9.42. The summed E-state index contributed by atoms with van der Waals surface area (Å²) in [5, 5.41) is 3.19. The number of pyridine rings is 2. The summed E-state index contributed by atoms with van der Waals surface area (Å²) in [6, 6.07) is 9.80. The Labute approximate surface area is 207 Å². The fourth-order valence-electron chi connectivity index (χ4n) is 3.41. The monoisotopic (exact) mass is 518 g/mol. The van der Waals surface area contributed by atoms with Crippen LogP contribution in [0.1, 0.15) is 55.6 Å². The molecule has 0 saturated heterocycles. The van der Waals surface area contributed by atoms with Gasteiger partial charge in [-0.25, -0.2) is 9.97 Å². The van der Waals surface area contributed by atoms with E-state index in [1.807, 2.05) is 26.0 Å². The zero-order valence-corrected chi connectivity index (χ0v) is 20.1. The van der Waals surface area contributed by atoms with Crippen LogP contribution in [-0.4, -0.2) is 26.6 Å². The van der Waals surface area contributed by atoms with Crippen molar-refractivity contribution in [2.45, 2.75) is 32.4 Å². The van der Waals surface area contributed by atoms with Crippen molar-refractivity contribution in [3.8, 4) is 0 Å². The summed E-state index contributed by atoms with van der Waals surface area (Å²) in [5.41, 5.74) is 1.16. The van der Waals surface area contributed by atoms with Gasteiger partial charge in [-0.2, -0.15) is 13.2 Å². The van der Waals surface area contributed by atoms with E-state index in [4.69, 9.17) is 11.6 Å². The lowest BCUT2D eigenvalue weighted by Crippen LogP contribution is -2.13. The predicted molar refractivity (Wildman–Crippen MR) is 128 cm³/mol. The number of rotatable bonds is 6. The fourth-order valence-corrected chi connectivity index (χ4v) is 4.48. The van der Waals surface area contributed by atoms with Crippen LogP contribution >= 0.6 is 22.9 Å². The van der Waals surface area contributed by atoms with Gasteiger partial charge in [0, 0.05) is 35.2 Å². The summed E-state index contributed by atoms with van der Waals surface area (Å²) in [6.45, 7) is 3.72. The number of hydrogen-bond acceptors (Lipinski definition) is 6. The maximum Gasteiger partial charge on any atom is 0.418 e. The quantitative estimate of drug-likeness (QED) is 0.287. The lowest BCUT2D eigenvalue weighted by Gasteiger charge is -2.10. The van der Waals surface area contributed by atoms with Crippen molar-refractivity contribution >= 4 is 51.3 Å². The summed E-state index contributed by atoms with van der Waals surface area (Å²) in [4.78, 5) is 37.9. The van der Waals surface area contributed by atoms with E-state index < -0.39 is 22.7 Å². The van der Waals surface area contributed by atoms with Crippen molar-refractivity contribution in [3.63, 3.8) is 0 Å². The Kier molecular flexibility index (Phi) is 6.86. The highest BCUT2D eigenvalue weighted by Gasteiger charge is 2.34. The fraction of sp³-hybridized carbons (Fsp3) is 0.208. The van der Waals surface area contributed by atoms with Gasteiger partial charge in [0.2, 0.25) is 0 Å². The molecule has 0 saturated carbocycles. The Balaban J connectivity index is 1.44. The molecule has 0 bridgehead atoms. The van der Waals surface area contributed by atoms with Gasteiger partial charge >= 0.3 is 6.18 Å². The molecular formula is C24H18ClF3N4O2S. The molecule has 3 heterocycles. The number of aryl methyl sites for hydroxylation is 1. The number of hydrogen-bond donors (Lipinski definition) is 1. The van der Waals surface area contributed by atoms with Crippen LogP contribution in [0.25, 0.3) is 10.9 Å². The van der Waals surface area contributed by atoms with E-state index in [9.17, 15) is 22.8 Å². The van der Waals surface area contributed by atoms with Gasteiger partial charge in [0.05, 0.1) is 27.3 Å². The average Bonchev–Trinajstić information content (AvgIpc) is 3.30. The van der Waals surface area contributed by atoms with Gasteiger partial charge in [-0.15, -0.1) is 11.3 Å². The van der Waals surface area contributed by atoms with E-state index in [-0.39, 0.29) is 28.8 Å². The number of Topliss-reactive ketones (excluding diaryl/α,β-unsaturated/α-hetero) is 1. The number of aromatic nitrogens is 3. The molecule has 6 nitrogen and oxygen atoms in total. The molecule has 3 aromatic heterocycles. The van der Waals surface area contributed by atoms with Crippen LogP contribution < -0.4 is 5.32 Å². The zero-order valence-electron chi connectivity index (χ0n) is 18.5. The number of carbonyl (C=O) groups excluding carboxylic acids is 2. The number of amides is 1. The number of fused-ring (bicyclic) bond motifs is 1. The van der Waals surface area contributed by atoms with Gasteiger partial charge < -0.3 is 5.32 Å². The Morgan fingerprint density at radius 1 is 1.11 bits per heavy atom. The van der Waals surface area contributed by atoms with Crippen LogP contribution in [0.4, 0.5) is 19.0 Å². The highest BCUT2D eigenvalue weighted by Crippen LogP contribution is 2.35. The number of halogens is 4. The largest absolute Gasteiger partial charge is 0.418 e. The topological polar surface area (TPSA) is 84.8 Å². The number of nitrogens with one attached hydrogen (secondary N) is 1. The van der Waals surface area contributed by atoms with Crippen molar-refractivity contribution in [2.24, 2.45) is 0 Å². The Bertz CT molecular complexity index is 1440. The SMILES string of the molecule is Cc1ccc2cc(C(=O)C[C@H](C)c3ncc(C(=O)Nc4cc(C(F)(F)F)c(Cl)cn4)s3)ccc2n1. The minimum Gasteiger partial charge on any atom is -0.306 e. The number of alkyl halides is 3. The molecule has 0 fully saturated rings. The van der Waals surface area contributed by atoms with Crippen LogP contribution in [0.5, 0.6) is 0 Å². The molecule has 4 aromatic rings. The second-order valence-electron chi connectivity index (χ2n) is 7.95. The first kappa shape index (κ1) is 24.7. The van der Waals surface area contributed by atoms with Gasteiger partial charge in [-0.05, 0) is 37.3 Å². The summed E-state index contributed by atoms with van der Waals surface area (Å²) in [5.74, 6) is -1.30. The number of anilines is 1. The van der Waals surface area contributed by atoms with E-state index in [0.717, 1.165) is 34.1 Å². The standard InChI is InChI=1S/C24H18ClF3N4O2S/c1-12(7-19(33)15-5-6-18-14(8-15)4-3-13(2)31-18)23-30-11-20(35-23)22(34)32-21-9-16(24(26,27)28)17(25)10-29-21/h3-6,8-12H,7H2,1-2H3,(H,29,32,34)/t12-/m0/s1. The minimum absolute atomic E-state index is 0.0776. The maximum atomic E-state index is 13.0. The molecule has 0 unspecified atom stereocenters. The van der Waals surface area contributed by atoms with Gasteiger partial charge in [0.1, 0.15) is 10.7 Å². The third-order valence-corrected chi connectivity index (χ3v) is 6.74. The molecule has 11 heteroatoms. The van der Waals surface area contributed by atoms with Crippen molar-refractivity contribution in [3.05, 3.63) is 80.5 Å². The molecule has 0 aliphatic rings. The molecule has 4 rings (SSSR count). The summed E-state index contributed by atoms with van der Waals surface area (Å²) in [7, 11) is 0. The lowest BCUT2D eigenvalue weighted by molar-refractivity contribution is -0.137. The third-order valence-electron chi connectivity index (χ3n) is 5.21. The zero-order chi connectivity index (χ0) is 25.3. The first-order valence-electron chi connectivity index (χ1n) is 10.4. The molecule has 1 aromatic carbocycles. The lowest BCUT2D eigenvalue weighted by atomic mass is 9.99. The van der Waals surface area contributed by atoms with Crippen LogP contribution in [-0.2, 0) is 6.18 Å². The highest BCUT2D eigenvalue weighted by molar-refractivity contribution is 7.13. The number of benzene rings is 1. The number of nitrogens with zero attached hydrogens (tertiary/aromatic N) is 3. The van der Waals surface area contributed by atoms with Gasteiger partial charge in [-0.1, -0.05) is 24.6 Å². The Morgan fingerprint density at radius 2 is 1.89 bits per heavy atom. The van der Waals surface area contributed by atoms with Crippen molar-refractivity contribution < 1.29 is 22.8 Å². The predicted octanol–water partition coefficient (Wildman–Crippen LogP) is 6.70. The summed E-state index contributed by atoms with van der Waals surface area (Å²) >= 11 is 6.62. The van der Waals surface area contributed by atoms with Gasteiger partial charge in [-0.3, -0.25) is 14.6 Å². The number of ketones is 1. The molecule has 35 heavy (non-hydrogen) atoms. The third kappa shape index (κ3) is 5.66. The van der Waals surface area contributed by atoms with Crippen molar-refractivity contribution in [1.29, 1.82) is 0 Å². The molecule has 1 N–H and O–H groups in total.